The predicted molar refractivity (Wildman–Crippen MR) is 432 cm³/mol. The molecule has 6 aromatic heterocycles. The van der Waals surface area contributed by atoms with Crippen LogP contribution in [0.25, 0.3) is 0 Å². The second-order valence-electron chi connectivity index (χ2n) is 26.5. The molecule has 636 valence electrons. The van der Waals surface area contributed by atoms with E-state index in [2.05, 4.69) is 29.9 Å². The lowest BCUT2D eigenvalue weighted by atomic mass is 10.0. The molecule has 0 aliphatic carbocycles. The van der Waals surface area contributed by atoms with Gasteiger partial charge < -0.3 is 4.74 Å². The Kier molecular flexibility index (Phi) is 37.7. The van der Waals surface area contributed by atoms with Crippen LogP contribution in [0.4, 0.5) is 48.3 Å². The van der Waals surface area contributed by atoms with Crippen molar-refractivity contribution in [3.8, 4) is 5.75 Å². The zero-order valence-electron chi connectivity index (χ0n) is 66.4. The summed E-state index contributed by atoms with van der Waals surface area (Å²) in [4.78, 5) is 165. The fourth-order valence-electron chi connectivity index (χ4n) is 11.3. The van der Waals surface area contributed by atoms with E-state index >= 15 is 0 Å². The van der Waals surface area contributed by atoms with Crippen molar-refractivity contribution >= 4 is 69.4 Å². The first-order valence-corrected chi connectivity index (χ1v) is 37.7. The molecule has 12 aromatic rings. The summed E-state index contributed by atoms with van der Waals surface area (Å²) < 4.78 is 150. The molecule has 0 saturated heterocycles. The third kappa shape index (κ3) is 29.9. The second-order valence-corrected chi connectivity index (χ2v) is 26.5. The van der Waals surface area contributed by atoms with Gasteiger partial charge in [-0.05, 0) is 158 Å². The predicted octanol–water partition coefficient (Wildman–Crippen LogP) is 20.3. The van der Waals surface area contributed by atoms with Crippen LogP contribution in [0, 0.1) is 60.4 Å². The van der Waals surface area contributed by atoms with Crippen LogP contribution in [0.5, 0.6) is 5.75 Å². The molecule has 0 fully saturated rings. The quantitative estimate of drug-likeness (QED) is 0.0288. The molecule has 0 amide bonds. The number of hydrogen-bond donors (Lipinski definition) is 0. The smallest absolute Gasteiger partial charge is 0.418 e. The molecule has 6 heterocycles. The van der Waals surface area contributed by atoms with Crippen LogP contribution >= 0.6 is 0 Å². The SMILES string of the molecule is COc1cccnc1C(=O)CCC(=O)c1ccccc1F.Cc1cccnc1C(=O)CCC(=O)c1cccc(F)c1.Cc1cccnc1C(=O)CCC(=O)c1ccccc1F.O=C(CCC(=O)c1ncccc1C(F)(F)F)c1ccccc1F.O=C(CCC(=O)c1ncccc1F)c1cccc(F)c1.O=C(CCC(=O)c1ncccc1F)c1ccccc1F. The number of aromatic nitrogens is 6. The number of ether oxygens (including phenoxy) is 1. The summed E-state index contributed by atoms with van der Waals surface area (Å²) in [7, 11) is 1.44. The van der Waals surface area contributed by atoms with Gasteiger partial charge in [0.2, 0.25) is 0 Å². The highest BCUT2D eigenvalue weighted by Gasteiger charge is 2.36. The maximum atomic E-state index is 13.5. The van der Waals surface area contributed by atoms with E-state index in [1.54, 1.807) is 80.8 Å². The highest BCUT2D eigenvalue weighted by atomic mass is 19.4. The minimum atomic E-state index is -4.71. The summed E-state index contributed by atoms with van der Waals surface area (Å²) in [6, 6.07) is 50.1. The Morgan fingerprint density at radius 2 is 0.508 bits per heavy atom. The molecule has 124 heavy (non-hydrogen) atoms. The van der Waals surface area contributed by atoms with Gasteiger partial charge in [-0.3, -0.25) is 82.5 Å². The van der Waals surface area contributed by atoms with Gasteiger partial charge in [0.15, 0.2) is 81.0 Å². The molecular weight excluding hydrogens is 1630 g/mol. The number of pyridine rings is 6. The highest BCUT2D eigenvalue weighted by Crippen LogP contribution is 2.32. The molecule has 19 nitrogen and oxygen atoms in total. The maximum absolute atomic E-state index is 13.5. The number of Topliss-reactive ketones (excluding diaryl/α,β-unsaturated/α-hetero) is 12. The van der Waals surface area contributed by atoms with Crippen LogP contribution in [0.3, 0.4) is 0 Å². The van der Waals surface area contributed by atoms with Crippen molar-refractivity contribution in [2.75, 3.05) is 7.11 Å². The minimum absolute atomic E-state index is 0.00159. The Labute approximate surface area is 702 Å². The lowest BCUT2D eigenvalue weighted by molar-refractivity contribution is -0.138. The molecule has 30 heteroatoms. The van der Waals surface area contributed by atoms with Crippen molar-refractivity contribution in [3.63, 3.8) is 0 Å². The molecule has 0 N–H and O–H groups in total. The fourth-order valence-corrected chi connectivity index (χ4v) is 11.3. The summed E-state index contributed by atoms with van der Waals surface area (Å²) in [5, 5.41) is 0. The van der Waals surface area contributed by atoms with Crippen LogP contribution in [-0.2, 0) is 6.18 Å². The van der Waals surface area contributed by atoms with E-state index < -0.39 is 112 Å². The first-order chi connectivity index (χ1) is 59.3. The van der Waals surface area contributed by atoms with Gasteiger partial charge in [0.1, 0.15) is 74.8 Å². The molecule has 0 spiro atoms. The zero-order chi connectivity index (χ0) is 90.4. The largest absolute Gasteiger partial charge is 0.494 e. The average molecular weight is 1710 g/mol. The first kappa shape index (κ1) is 96.4. The number of ketones is 12. The second kappa shape index (κ2) is 48.5. The Balaban J connectivity index is 0.000000205. The van der Waals surface area contributed by atoms with E-state index in [4.69, 9.17) is 4.74 Å². The summed E-state index contributed by atoms with van der Waals surface area (Å²) in [5.41, 5.74) is 0.282. The Morgan fingerprint density at radius 1 is 0.258 bits per heavy atom. The van der Waals surface area contributed by atoms with Crippen molar-refractivity contribution in [2.24, 2.45) is 0 Å². The number of hydrogen-bond acceptors (Lipinski definition) is 19. The van der Waals surface area contributed by atoms with Crippen molar-refractivity contribution in [1.82, 2.24) is 29.9 Å². The van der Waals surface area contributed by atoms with Crippen LogP contribution in [0.2, 0.25) is 0 Å². The molecule has 0 radical (unpaired) electrons. The van der Waals surface area contributed by atoms with E-state index in [9.17, 15) is 106 Å². The number of carbonyl (C=O) groups excluding carboxylic acids is 12. The number of carbonyl (C=O) groups is 12. The topological polar surface area (TPSA) is 291 Å². The van der Waals surface area contributed by atoms with Crippen LogP contribution in [0.1, 0.15) is 219 Å². The summed E-state index contributed by atoms with van der Waals surface area (Å²) in [6.45, 7) is 3.59. The zero-order valence-corrected chi connectivity index (χ0v) is 66.4. The van der Waals surface area contributed by atoms with Gasteiger partial charge in [0, 0.05) is 125 Å². The molecule has 0 saturated carbocycles. The first-order valence-electron chi connectivity index (χ1n) is 37.7. The van der Waals surface area contributed by atoms with Gasteiger partial charge in [-0.2, -0.15) is 13.2 Å². The third-order valence-corrected chi connectivity index (χ3v) is 17.7. The van der Waals surface area contributed by atoms with Gasteiger partial charge >= 0.3 is 6.18 Å². The van der Waals surface area contributed by atoms with E-state index in [1.165, 1.54) is 153 Å². The molecule has 0 aliphatic heterocycles. The number of rotatable bonds is 31. The molecule has 6 aromatic carbocycles. The van der Waals surface area contributed by atoms with E-state index in [0.717, 1.165) is 53.7 Å². The summed E-state index contributed by atoms with van der Waals surface area (Å²) in [6.07, 6.45) is 2.03. The number of halogens is 11. The standard InChI is InChI=1S/C16H11F4NO2.C16H14FNO3.2C16H14FNO2.2C15H11F2NO2/c17-12-6-2-1-4-10(12)13(22)7-8-14(23)15-11(16(18,19)20)5-3-9-21-15;1-21-15-7-4-10-18-16(15)14(20)9-8-13(19)11-5-2-3-6-12(11)17;1-11-4-3-9-18-16(11)15(20)8-7-14(19)12-5-2-6-13(17)10-12;1-11-5-4-10-18-16(11)15(20)9-8-14(19)12-6-2-3-7-13(12)17;16-11-4-1-3-10(9-11)13(19)6-7-14(20)15-12(17)5-2-8-18-15;16-11-5-2-1-4-10(11)13(19)7-8-14(20)15-12(17)6-3-9-18-15/h1-6,9H,7-8H2;2-7,10H,8-9H2,1H3;2-6,9-10H,7-8H2,1H3;2-7,10H,8-9H2,1H3;1-5,8-9H,6-7H2;1-6,9H,7-8H2. The van der Waals surface area contributed by atoms with Gasteiger partial charge in [-0.15, -0.1) is 0 Å². The van der Waals surface area contributed by atoms with E-state index in [-0.39, 0.29) is 149 Å². The van der Waals surface area contributed by atoms with Crippen LogP contribution in [-0.4, -0.2) is 106 Å². The Morgan fingerprint density at radius 3 is 0.815 bits per heavy atom. The average Bonchev–Trinajstić information content (AvgIpc) is 0.819. The van der Waals surface area contributed by atoms with Gasteiger partial charge in [0.25, 0.3) is 0 Å². The number of alkyl halides is 3. The van der Waals surface area contributed by atoms with Crippen molar-refractivity contribution in [2.45, 2.75) is 97.1 Å². The van der Waals surface area contributed by atoms with Gasteiger partial charge in [-0.1, -0.05) is 84.9 Å². The van der Waals surface area contributed by atoms with E-state index in [0.29, 0.717) is 17.1 Å². The Hall–Kier alpha value is -14.7. The van der Waals surface area contributed by atoms with Crippen LogP contribution < -0.4 is 4.74 Å². The third-order valence-electron chi connectivity index (χ3n) is 17.7. The molecular formula is C94H75F11N6O13. The van der Waals surface area contributed by atoms with Crippen molar-refractivity contribution in [3.05, 3.63) is 386 Å². The molecule has 0 unspecified atom stereocenters. The lowest BCUT2D eigenvalue weighted by Crippen LogP contribution is -2.16. The molecule has 0 bridgehead atoms. The highest BCUT2D eigenvalue weighted by molar-refractivity contribution is 6.06. The maximum Gasteiger partial charge on any atom is 0.418 e. The van der Waals surface area contributed by atoms with Gasteiger partial charge in [-0.25, -0.2) is 40.1 Å². The molecule has 0 aliphatic rings. The van der Waals surface area contributed by atoms with Crippen molar-refractivity contribution < 1.29 is 111 Å². The fraction of sp³-hybridized carbons (Fsp3) is 0.170. The molecule has 12 rings (SSSR count). The number of nitrogens with zero attached hydrogens (tertiary/aromatic N) is 6. The molecule has 0 atom stereocenters. The van der Waals surface area contributed by atoms with E-state index in [1.807, 2.05) is 0 Å². The number of methoxy groups -OCH3 is 1. The normalized spacial score (nSPS) is 10.5. The number of benzene rings is 6. The Bertz CT molecular complexity index is 5500. The van der Waals surface area contributed by atoms with Crippen LogP contribution in [0.15, 0.2) is 256 Å². The van der Waals surface area contributed by atoms with Crippen molar-refractivity contribution in [1.29, 1.82) is 0 Å². The summed E-state index contributed by atoms with van der Waals surface area (Å²) >= 11 is 0. The minimum Gasteiger partial charge on any atom is -0.494 e. The monoisotopic (exact) mass is 1700 g/mol. The lowest BCUT2D eigenvalue weighted by Gasteiger charge is -2.10. The number of aryl methyl sites for hydroxylation is 2. The summed E-state index contributed by atoms with van der Waals surface area (Å²) in [5.74, 6) is -9.80. The van der Waals surface area contributed by atoms with Gasteiger partial charge in [0.05, 0.1) is 34.9 Å².